The second kappa shape index (κ2) is 29.9. The van der Waals surface area contributed by atoms with Crippen LogP contribution in [-0.4, -0.2) is 73.8 Å². The van der Waals surface area contributed by atoms with Crippen LogP contribution in [0.15, 0.2) is 17.1 Å². The zero-order chi connectivity index (χ0) is 37.5. The van der Waals surface area contributed by atoms with Gasteiger partial charge in [-0.15, -0.1) is 0 Å². The molecule has 290 valence electrons. The molecule has 1 rings (SSSR count). The minimum atomic E-state index is -1.05. The summed E-state index contributed by atoms with van der Waals surface area (Å²) in [6.07, 6.45) is 22.9. The number of anilines is 1. The van der Waals surface area contributed by atoms with Crippen LogP contribution in [0.5, 0.6) is 11.5 Å². The number of amides is 2. The fourth-order valence-electron chi connectivity index (χ4n) is 5.44. The van der Waals surface area contributed by atoms with Crippen LogP contribution in [0.1, 0.15) is 149 Å². The molecule has 0 aliphatic heterocycles. The summed E-state index contributed by atoms with van der Waals surface area (Å²) < 4.78 is 21.2. The van der Waals surface area contributed by atoms with E-state index in [9.17, 15) is 24.3 Å². The number of ether oxygens (including phenoxy) is 4. The van der Waals surface area contributed by atoms with E-state index in [0.29, 0.717) is 12.8 Å². The first-order valence-corrected chi connectivity index (χ1v) is 19.2. The molecule has 2 amide bonds. The van der Waals surface area contributed by atoms with E-state index in [2.05, 4.69) is 24.2 Å². The largest absolute Gasteiger partial charge is 0.506 e. The van der Waals surface area contributed by atoms with Crippen molar-refractivity contribution in [1.29, 1.82) is 0 Å². The van der Waals surface area contributed by atoms with Crippen LogP contribution in [0, 0.1) is 0 Å². The molecule has 0 fully saturated rings. The molecule has 0 heterocycles. The zero-order valence-corrected chi connectivity index (χ0v) is 31.8. The number of aliphatic imine (C=N–C) groups is 1. The Hall–Kier alpha value is -3.83. The lowest BCUT2D eigenvalue weighted by atomic mass is 10.1. The molecule has 12 heteroatoms. The topological polar surface area (TPSA) is 153 Å². The lowest BCUT2D eigenvalue weighted by Gasteiger charge is -2.21. The number of hydrogen-bond donors (Lipinski definition) is 2. The number of nitrogens with one attached hydrogen (secondary N) is 1. The lowest BCUT2D eigenvalue weighted by Crippen LogP contribution is -2.42. The molecule has 2 N–H and O–H groups in total. The van der Waals surface area contributed by atoms with E-state index < -0.39 is 37.0 Å². The highest BCUT2D eigenvalue weighted by Gasteiger charge is 2.25. The maximum absolute atomic E-state index is 13.4. The number of nitrogens with zero attached hydrogens (tertiary/aromatic N) is 2. The van der Waals surface area contributed by atoms with Crippen molar-refractivity contribution >= 4 is 41.7 Å². The number of benzene rings is 1. The van der Waals surface area contributed by atoms with Gasteiger partial charge in [0, 0.05) is 19.1 Å². The SMILES string of the molecule is CCCCCCCCCCCCOC(=O)CN(CC(=O)OCCCCCCCCCCCC)C(=O)Oc1cc(NC(C)=O)c(O)cc1N=COC. The van der Waals surface area contributed by atoms with Gasteiger partial charge in [-0.05, 0) is 12.8 Å². The molecule has 12 nitrogen and oxygen atoms in total. The summed E-state index contributed by atoms with van der Waals surface area (Å²) in [6, 6.07) is 2.39. The molecule has 0 aromatic heterocycles. The van der Waals surface area contributed by atoms with Crippen molar-refractivity contribution in [3.05, 3.63) is 12.1 Å². The normalized spacial score (nSPS) is 11.0. The van der Waals surface area contributed by atoms with Gasteiger partial charge in [0.1, 0.15) is 24.5 Å². The molecule has 0 saturated heterocycles. The first-order chi connectivity index (χ1) is 24.7. The molecule has 0 atom stereocenters. The van der Waals surface area contributed by atoms with Gasteiger partial charge in [0.25, 0.3) is 0 Å². The van der Waals surface area contributed by atoms with Crippen LogP contribution in [0.2, 0.25) is 0 Å². The highest BCUT2D eigenvalue weighted by Crippen LogP contribution is 2.38. The van der Waals surface area contributed by atoms with Gasteiger partial charge in [-0.1, -0.05) is 129 Å². The number of aromatic hydroxyl groups is 1. The average molecular weight is 720 g/mol. The van der Waals surface area contributed by atoms with Crippen molar-refractivity contribution in [3.8, 4) is 11.5 Å². The fraction of sp³-hybridized carbons (Fsp3) is 0.718. The molecule has 1 aromatic carbocycles. The average Bonchev–Trinajstić information content (AvgIpc) is 3.09. The molecule has 0 bridgehead atoms. The van der Waals surface area contributed by atoms with Crippen molar-refractivity contribution < 1.29 is 43.2 Å². The standard InChI is InChI=1S/C39H65N3O9/c1-5-7-9-11-13-15-17-19-21-23-25-49-37(45)29-42(30-38(46)50-26-24-22-20-18-16-14-12-10-8-6-2)39(47)51-36-28-33(41-32(3)43)35(44)27-34(36)40-31-48-4/h27-28,31,44H,5-26,29-30H2,1-4H3,(H,41,43). The molecule has 1 aromatic rings. The summed E-state index contributed by atoms with van der Waals surface area (Å²) in [5.41, 5.74) is -0.0242. The van der Waals surface area contributed by atoms with Crippen molar-refractivity contribution in [2.75, 3.05) is 38.7 Å². The second-order valence-corrected chi connectivity index (χ2v) is 13.0. The number of carbonyl (C=O) groups excluding carboxylic acids is 4. The fourth-order valence-corrected chi connectivity index (χ4v) is 5.44. The van der Waals surface area contributed by atoms with E-state index >= 15 is 0 Å². The first-order valence-electron chi connectivity index (χ1n) is 19.2. The molecular formula is C39H65N3O9. The molecule has 0 spiro atoms. The van der Waals surface area contributed by atoms with Crippen LogP contribution >= 0.6 is 0 Å². The third kappa shape index (κ3) is 23.3. The Bertz CT molecular complexity index is 1120. The van der Waals surface area contributed by atoms with E-state index in [4.69, 9.17) is 18.9 Å². The van der Waals surface area contributed by atoms with Gasteiger partial charge in [0.05, 0.1) is 26.0 Å². The minimum Gasteiger partial charge on any atom is -0.506 e. The molecular weight excluding hydrogens is 654 g/mol. The van der Waals surface area contributed by atoms with Crippen LogP contribution in [0.25, 0.3) is 0 Å². The number of methoxy groups -OCH3 is 1. The number of phenols is 1. The monoisotopic (exact) mass is 719 g/mol. The first kappa shape index (κ1) is 45.2. The van der Waals surface area contributed by atoms with Gasteiger partial charge >= 0.3 is 18.0 Å². The van der Waals surface area contributed by atoms with Gasteiger partial charge in [-0.25, -0.2) is 9.79 Å². The lowest BCUT2D eigenvalue weighted by molar-refractivity contribution is -0.148. The van der Waals surface area contributed by atoms with Crippen molar-refractivity contribution in [1.82, 2.24) is 4.90 Å². The third-order valence-corrected chi connectivity index (χ3v) is 8.30. The third-order valence-electron chi connectivity index (χ3n) is 8.30. The Morgan fingerprint density at radius 3 is 1.55 bits per heavy atom. The quantitative estimate of drug-likeness (QED) is 0.0260. The predicted molar refractivity (Wildman–Crippen MR) is 201 cm³/mol. The summed E-state index contributed by atoms with van der Waals surface area (Å²) >= 11 is 0. The number of esters is 2. The van der Waals surface area contributed by atoms with Gasteiger partial charge in [-0.3, -0.25) is 19.3 Å². The van der Waals surface area contributed by atoms with E-state index in [1.807, 2.05) is 0 Å². The van der Waals surface area contributed by atoms with E-state index in [-0.39, 0.29) is 36.1 Å². The Labute approximate surface area is 306 Å². The summed E-state index contributed by atoms with van der Waals surface area (Å²) in [5, 5.41) is 12.8. The van der Waals surface area contributed by atoms with Crippen LogP contribution < -0.4 is 10.1 Å². The summed E-state index contributed by atoms with van der Waals surface area (Å²) in [4.78, 5) is 55.6. The van der Waals surface area contributed by atoms with Crippen molar-refractivity contribution in [3.63, 3.8) is 0 Å². The molecule has 51 heavy (non-hydrogen) atoms. The maximum atomic E-state index is 13.4. The van der Waals surface area contributed by atoms with Gasteiger partial charge in [0.2, 0.25) is 5.91 Å². The minimum absolute atomic E-state index is 0.00354. The Balaban J connectivity index is 2.76. The van der Waals surface area contributed by atoms with Gasteiger partial charge in [0.15, 0.2) is 12.2 Å². The highest BCUT2D eigenvalue weighted by atomic mass is 16.6. The Morgan fingerprint density at radius 2 is 1.14 bits per heavy atom. The number of unbranched alkanes of at least 4 members (excludes halogenated alkanes) is 18. The Morgan fingerprint density at radius 1 is 0.706 bits per heavy atom. The predicted octanol–water partition coefficient (Wildman–Crippen LogP) is 9.39. The summed E-state index contributed by atoms with van der Waals surface area (Å²) in [7, 11) is 1.37. The smallest absolute Gasteiger partial charge is 0.416 e. The molecule has 0 unspecified atom stereocenters. The van der Waals surface area contributed by atoms with Crippen LogP contribution in [0.3, 0.4) is 0 Å². The number of phenolic OH excluding ortho intramolecular Hbond substituents is 1. The molecule has 0 radical (unpaired) electrons. The number of rotatable bonds is 30. The van der Waals surface area contributed by atoms with E-state index in [1.165, 1.54) is 103 Å². The zero-order valence-electron chi connectivity index (χ0n) is 31.8. The second-order valence-electron chi connectivity index (χ2n) is 13.0. The van der Waals surface area contributed by atoms with Gasteiger partial charge in [-0.2, -0.15) is 0 Å². The summed E-state index contributed by atoms with van der Waals surface area (Å²) in [5.74, 6) is -2.32. The van der Waals surface area contributed by atoms with E-state index in [1.54, 1.807) is 0 Å². The van der Waals surface area contributed by atoms with E-state index in [0.717, 1.165) is 49.8 Å². The van der Waals surface area contributed by atoms with Crippen LogP contribution in [0.4, 0.5) is 16.2 Å². The summed E-state index contributed by atoms with van der Waals surface area (Å²) in [6.45, 7) is 5.00. The molecule has 0 saturated carbocycles. The van der Waals surface area contributed by atoms with Gasteiger partial charge < -0.3 is 29.4 Å². The Kier molecular flexibility index (Phi) is 26.5. The van der Waals surface area contributed by atoms with Crippen molar-refractivity contribution in [2.45, 2.75) is 149 Å². The number of hydrogen-bond acceptors (Lipinski definition) is 10. The number of carbonyl (C=O) groups is 4. The van der Waals surface area contributed by atoms with Crippen LogP contribution in [-0.2, 0) is 28.6 Å². The molecule has 0 aliphatic carbocycles. The highest BCUT2D eigenvalue weighted by molar-refractivity contribution is 5.92. The maximum Gasteiger partial charge on any atom is 0.416 e. The van der Waals surface area contributed by atoms with Crippen molar-refractivity contribution in [2.24, 2.45) is 4.99 Å². The molecule has 0 aliphatic rings.